The van der Waals surface area contributed by atoms with E-state index in [0.29, 0.717) is 22.5 Å². The first kappa shape index (κ1) is 22.0. The monoisotopic (exact) mass is 439 g/mol. The molecule has 0 bridgehead atoms. The van der Waals surface area contributed by atoms with E-state index in [0.717, 1.165) is 27.3 Å². The molecule has 0 aliphatic carbocycles. The summed E-state index contributed by atoms with van der Waals surface area (Å²) in [4.78, 5) is 39.5. The second-order valence-electron chi connectivity index (χ2n) is 8.29. The van der Waals surface area contributed by atoms with Gasteiger partial charge in [-0.15, -0.1) is 0 Å². The molecule has 2 N–H and O–H groups in total. The van der Waals surface area contributed by atoms with Crippen molar-refractivity contribution in [2.45, 2.75) is 27.7 Å². The number of aryl methyl sites for hydroxylation is 3. The van der Waals surface area contributed by atoms with Crippen LogP contribution in [0.1, 0.15) is 29.2 Å². The first-order chi connectivity index (χ1) is 15.7. The maximum absolute atomic E-state index is 13.5. The van der Waals surface area contributed by atoms with Crippen molar-refractivity contribution in [2.75, 3.05) is 15.5 Å². The van der Waals surface area contributed by atoms with E-state index in [1.807, 2.05) is 63.2 Å². The van der Waals surface area contributed by atoms with E-state index >= 15 is 0 Å². The molecule has 0 radical (unpaired) electrons. The van der Waals surface area contributed by atoms with Gasteiger partial charge in [0.1, 0.15) is 5.70 Å². The van der Waals surface area contributed by atoms with Gasteiger partial charge in [0, 0.05) is 18.3 Å². The van der Waals surface area contributed by atoms with E-state index in [1.54, 1.807) is 24.3 Å². The Morgan fingerprint density at radius 2 is 1.33 bits per heavy atom. The third-order valence-corrected chi connectivity index (χ3v) is 5.36. The molecule has 1 aliphatic heterocycles. The van der Waals surface area contributed by atoms with Crippen molar-refractivity contribution in [1.29, 1.82) is 0 Å². The Morgan fingerprint density at radius 1 is 0.727 bits per heavy atom. The summed E-state index contributed by atoms with van der Waals surface area (Å²) in [5, 5.41) is 5.90. The van der Waals surface area contributed by atoms with Crippen molar-refractivity contribution in [3.05, 3.63) is 94.7 Å². The summed E-state index contributed by atoms with van der Waals surface area (Å²) in [6.07, 6.45) is 0. The Kier molecular flexibility index (Phi) is 5.84. The minimum Gasteiger partial charge on any atom is -0.350 e. The van der Waals surface area contributed by atoms with Gasteiger partial charge in [-0.05, 0) is 73.9 Å². The zero-order valence-corrected chi connectivity index (χ0v) is 19.0. The summed E-state index contributed by atoms with van der Waals surface area (Å²) in [5.74, 6) is -1.02. The highest BCUT2D eigenvalue weighted by Crippen LogP contribution is 2.34. The lowest BCUT2D eigenvalue weighted by molar-refractivity contribution is -0.120. The first-order valence-electron chi connectivity index (χ1n) is 10.7. The van der Waals surface area contributed by atoms with Gasteiger partial charge in [-0.3, -0.25) is 14.4 Å². The molecule has 0 saturated heterocycles. The smallest absolute Gasteiger partial charge is 0.282 e. The lowest BCUT2D eigenvalue weighted by Crippen LogP contribution is -2.32. The second-order valence-corrected chi connectivity index (χ2v) is 8.29. The van der Waals surface area contributed by atoms with Crippen LogP contribution in [0, 0.1) is 20.8 Å². The predicted octanol–water partition coefficient (Wildman–Crippen LogP) is 4.97. The molecule has 1 heterocycles. The number of benzene rings is 3. The number of anilines is 3. The molecule has 3 aromatic rings. The molecule has 0 atom stereocenters. The van der Waals surface area contributed by atoms with Gasteiger partial charge >= 0.3 is 0 Å². The van der Waals surface area contributed by atoms with Crippen LogP contribution in [0.4, 0.5) is 17.1 Å². The molecule has 0 spiro atoms. The Morgan fingerprint density at radius 3 is 1.91 bits per heavy atom. The van der Waals surface area contributed by atoms with Gasteiger partial charge in [0.15, 0.2) is 0 Å². The lowest BCUT2D eigenvalue weighted by atomic mass is 10.0. The van der Waals surface area contributed by atoms with Gasteiger partial charge in [0.05, 0.1) is 11.3 Å². The number of carbonyl (C=O) groups excluding carboxylic acids is 3. The molecule has 6 nitrogen and oxygen atoms in total. The van der Waals surface area contributed by atoms with Crippen molar-refractivity contribution >= 4 is 40.4 Å². The van der Waals surface area contributed by atoms with Crippen LogP contribution in [-0.2, 0) is 14.4 Å². The van der Waals surface area contributed by atoms with Crippen molar-refractivity contribution in [1.82, 2.24) is 0 Å². The fourth-order valence-electron chi connectivity index (χ4n) is 3.96. The standard InChI is InChI=1S/C27H25N3O3/c1-16-5-7-20(8-6-16)24-25(29-22-14-17(2)13-18(3)15-22)27(33)30(26(24)32)23-11-9-21(10-12-23)28-19(4)31/h5-15,29H,1-4H3,(H,28,31). The quantitative estimate of drug-likeness (QED) is 0.551. The van der Waals surface area contributed by atoms with Crippen molar-refractivity contribution < 1.29 is 14.4 Å². The molecule has 3 aromatic carbocycles. The molecule has 0 fully saturated rings. The second kappa shape index (κ2) is 8.74. The van der Waals surface area contributed by atoms with E-state index in [-0.39, 0.29) is 11.6 Å². The van der Waals surface area contributed by atoms with Gasteiger partial charge in [-0.1, -0.05) is 35.9 Å². The number of nitrogens with one attached hydrogen (secondary N) is 2. The molecular weight excluding hydrogens is 414 g/mol. The summed E-state index contributed by atoms with van der Waals surface area (Å²) >= 11 is 0. The van der Waals surface area contributed by atoms with Gasteiger partial charge < -0.3 is 10.6 Å². The van der Waals surface area contributed by atoms with Crippen molar-refractivity contribution in [3.63, 3.8) is 0 Å². The number of nitrogens with zero attached hydrogens (tertiary/aromatic N) is 1. The maximum Gasteiger partial charge on any atom is 0.282 e. The largest absolute Gasteiger partial charge is 0.350 e. The van der Waals surface area contributed by atoms with E-state index in [9.17, 15) is 14.4 Å². The van der Waals surface area contributed by atoms with Gasteiger partial charge in [0.2, 0.25) is 5.91 Å². The van der Waals surface area contributed by atoms with E-state index in [2.05, 4.69) is 10.6 Å². The maximum atomic E-state index is 13.5. The third-order valence-electron chi connectivity index (χ3n) is 5.36. The van der Waals surface area contributed by atoms with E-state index < -0.39 is 11.8 Å². The van der Waals surface area contributed by atoms with Gasteiger partial charge in [-0.25, -0.2) is 4.90 Å². The zero-order chi connectivity index (χ0) is 23.7. The number of rotatable bonds is 5. The SMILES string of the molecule is CC(=O)Nc1ccc(N2C(=O)C(Nc3cc(C)cc(C)c3)=C(c3ccc(C)cc3)C2=O)cc1. The predicted molar refractivity (Wildman–Crippen MR) is 131 cm³/mol. The summed E-state index contributed by atoms with van der Waals surface area (Å²) in [6, 6.07) is 20.1. The molecule has 33 heavy (non-hydrogen) atoms. The summed E-state index contributed by atoms with van der Waals surface area (Å²) in [7, 11) is 0. The van der Waals surface area contributed by atoms with Gasteiger partial charge in [0.25, 0.3) is 11.8 Å². The molecule has 0 saturated carbocycles. The molecule has 0 unspecified atom stereocenters. The lowest BCUT2D eigenvalue weighted by Gasteiger charge is -2.16. The Bertz CT molecular complexity index is 1270. The Balaban J connectivity index is 1.77. The van der Waals surface area contributed by atoms with Gasteiger partial charge in [-0.2, -0.15) is 0 Å². The first-order valence-corrected chi connectivity index (χ1v) is 10.7. The van der Waals surface area contributed by atoms with Crippen LogP contribution in [0.15, 0.2) is 72.4 Å². The number of carbonyl (C=O) groups is 3. The topological polar surface area (TPSA) is 78.5 Å². The Hall–Kier alpha value is -4.19. The number of hydrogen-bond acceptors (Lipinski definition) is 4. The normalized spacial score (nSPS) is 13.5. The van der Waals surface area contributed by atoms with Crippen LogP contribution >= 0.6 is 0 Å². The molecule has 0 aromatic heterocycles. The minimum atomic E-state index is -0.429. The number of imide groups is 1. The zero-order valence-electron chi connectivity index (χ0n) is 19.0. The van der Waals surface area contributed by atoms with E-state index in [1.165, 1.54) is 6.92 Å². The number of hydrogen-bond donors (Lipinski definition) is 2. The van der Waals surface area contributed by atoms with Crippen LogP contribution in [0.25, 0.3) is 5.57 Å². The van der Waals surface area contributed by atoms with Crippen LogP contribution in [-0.4, -0.2) is 17.7 Å². The molecule has 4 rings (SSSR count). The highest BCUT2D eigenvalue weighted by Gasteiger charge is 2.40. The minimum absolute atomic E-state index is 0.195. The van der Waals surface area contributed by atoms with Crippen LogP contribution in [0.5, 0.6) is 0 Å². The van der Waals surface area contributed by atoms with Crippen molar-refractivity contribution in [3.8, 4) is 0 Å². The Labute approximate surface area is 192 Å². The van der Waals surface area contributed by atoms with Crippen LogP contribution in [0.3, 0.4) is 0 Å². The molecule has 6 heteroatoms. The molecule has 166 valence electrons. The summed E-state index contributed by atoms with van der Waals surface area (Å²) < 4.78 is 0. The van der Waals surface area contributed by atoms with E-state index in [4.69, 9.17) is 0 Å². The van der Waals surface area contributed by atoms with Crippen molar-refractivity contribution in [2.24, 2.45) is 0 Å². The average Bonchev–Trinajstić information content (AvgIpc) is 2.98. The van der Waals surface area contributed by atoms with Crippen LogP contribution < -0.4 is 15.5 Å². The molecule has 1 aliphatic rings. The molecular formula is C27H25N3O3. The summed E-state index contributed by atoms with van der Waals surface area (Å²) in [6.45, 7) is 7.36. The average molecular weight is 440 g/mol. The third kappa shape index (κ3) is 4.55. The van der Waals surface area contributed by atoms with Crippen LogP contribution in [0.2, 0.25) is 0 Å². The highest BCUT2D eigenvalue weighted by atomic mass is 16.2. The fourth-order valence-corrected chi connectivity index (χ4v) is 3.96. The highest BCUT2D eigenvalue weighted by molar-refractivity contribution is 6.46. The molecule has 3 amide bonds. The summed E-state index contributed by atoms with van der Waals surface area (Å²) in [5.41, 5.74) is 6.16. The number of amides is 3. The fraction of sp³-hybridized carbons (Fsp3) is 0.148.